The number of aliphatic carboxylic acids is 1. The van der Waals surface area contributed by atoms with Gasteiger partial charge in [-0.15, -0.1) is 0 Å². The van der Waals surface area contributed by atoms with E-state index in [0.29, 0.717) is 0 Å². The molecule has 1 N–H and O–H groups in total. The van der Waals surface area contributed by atoms with Crippen molar-refractivity contribution in [3.63, 3.8) is 0 Å². The van der Waals surface area contributed by atoms with Crippen LogP contribution in [0.1, 0.15) is 27.2 Å². The number of carboxylic acid groups (broad SMARTS) is 1. The van der Waals surface area contributed by atoms with Crippen LogP contribution in [0.4, 0.5) is 0 Å². The van der Waals surface area contributed by atoms with E-state index in [1.54, 1.807) is 0 Å². The summed E-state index contributed by atoms with van der Waals surface area (Å²) in [6.45, 7) is 7.23. The predicted molar refractivity (Wildman–Crippen MR) is 52.2 cm³/mol. The smallest absolute Gasteiger partial charge is 0.356 e. The molecule has 15 heavy (non-hydrogen) atoms. The Balaban J connectivity index is 5.12. The van der Waals surface area contributed by atoms with Gasteiger partial charge in [0.15, 0.2) is 5.78 Å². The molecule has 0 rings (SSSR count). The van der Waals surface area contributed by atoms with Crippen molar-refractivity contribution in [3.8, 4) is 0 Å². The summed E-state index contributed by atoms with van der Waals surface area (Å²) < 4.78 is 4.68. The van der Waals surface area contributed by atoms with Crippen LogP contribution in [-0.4, -0.2) is 28.4 Å². The maximum absolute atomic E-state index is 11.2. The van der Waals surface area contributed by atoms with Crippen molar-refractivity contribution >= 4 is 17.7 Å². The number of hydrogen-bond acceptors (Lipinski definition) is 4. The number of Topliss-reactive ketones (excluding diaryl/α,β-unsaturated/α-hetero) is 1. The van der Waals surface area contributed by atoms with E-state index in [9.17, 15) is 14.4 Å². The van der Waals surface area contributed by atoms with Gasteiger partial charge in [0, 0.05) is 12.0 Å². The summed E-state index contributed by atoms with van der Waals surface area (Å²) in [4.78, 5) is 33.3. The van der Waals surface area contributed by atoms with Crippen LogP contribution in [0.25, 0.3) is 0 Å². The topological polar surface area (TPSA) is 80.7 Å². The SMILES string of the molecule is C=C(C)C(=O)OC(CC)(C(C)=O)C(=O)O. The van der Waals surface area contributed by atoms with Crippen LogP contribution in [-0.2, 0) is 19.1 Å². The zero-order valence-corrected chi connectivity index (χ0v) is 8.99. The normalized spacial score (nSPS) is 13.8. The van der Waals surface area contributed by atoms with Gasteiger partial charge in [-0.25, -0.2) is 9.59 Å². The molecule has 1 unspecified atom stereocenters. The van der Waals surface area contributed by atoms with Crippen LogP contribution < -0.4 is 0 Å². The van der Waals surface area contributed by atoms with E-state index in [0.717, 1.165) is 6.92 Å². The number of carbonyl (C=O) groups excluding carboxylic acids is 2. The first kappa shape index (κ1) is 13.4. The first-order valence-electron chi connectivity index (χ1n) is 4.41. The fraction of sp³-hybridized carbons (Fsp3) is 0.500. The van der Waals surface area contributed by atoms with Gasteiger partial charge in [0.2, 0.25) is 0 Å². The molecule has 0 aliphatic rings. The van der Waals surface area contributed by atoms with Crippen LogP contribution >= 0.6 is 0 Å². The van der Waals surface area contributed by atoms with Crippen molar-refractivity contribution in [2.24, 2.45) is 0 Å². The highest BCUT2D eigenvalue weighted by Gasteiger charge is 2.46. The molecule has 5 nitrogen and oxygen atoms in total. The van der Waals surface area contributed by atoms with Gasteiger partial charge in [-0.05, 0) is 13.8 Å². The third-order valence-electron chi connectivity index (χ3n) is 2.03. The average molecular weight is 214 g/mol. The third-order valence-corrected chi connectivity index (χ3v) is 2.03. The lowest BCUT2D eigenvalue weighted by Crippen LogP contribution is -2.49. The Labute approximate surface area is 87.7 Å². The molecule has 1 atom stereocenters. The highest BCUT2D eigenvalue weighted by Crippen LogP contribution is 2.19. The van der Waals surface area contributed by atoms with Crippen LogP contribution in [0.15, 0.2) is 12.2 Å². The zero-order chi connectivity index (χ0) is 12.2. The van der Waals surface area contributed by atoms with Crippen LogP contribution in [0.3, 0.4) is 0 Å². The Morgan fingerprint density at radius 1 is 1.33 bits per heavy atom. The number of ketones is 1. The van der Waals surface area contributed by atoms with Crippen molar-refractivity contribution in [1.82, 2.24) is 0 Å². The van der Waals surface area contributed by atoms with Crippen molar-refractivity contribution < 1.29 is 24.2 Å². The van der Waals surface area contributed by atoms with E-state index in [1.165, 1.54) is 13.8 Å². The van der Waals surface area contributed by atoms with Gasteiger partial charge in [0.1, 0.15) is 0 Å². The second-order valence-electron chi connectivity index (χ2n) is 3.21. The molecule has 0 amide bonds. The number of rotatable bonds is 5. The Hall–Kier alpha value is -1.65. The molecule has 0 radical (unpaired) electrons. The molecule has 0 aromatic heterocycles. The summed E-state index contributed by atoms with van der Waals surface area (Å²) in [7, 11) is 0. The quantitative estimate of drug-likeness (QED) is 0.418. The largest absolute Gasteiger partial charge is 0.478 e. The van der Waals surface area contributed by atoms with E-state index in [4.69, 9.17) is 5.11 Å². The van der Waals surface area contributed by atoms with Crippen molar-refractivity contribution in [3.05, 3.63) is 12.2 Å². The van der Waals surface area contributed by atoms with E-state index >= 15 is 0 Å². The van der Waals surface area contributed by atoms with Gasteiger partial charge in [0.05, 0.1) is 0 Å². The van der Waals surface area contributed by atoms with E-state index in [-0.39, 0.29) is 12.0 Å². The minimum absolute atomic E-state index is 0.0512. The second-order valence-corrected chi connectivity index (χ2v) is 3.21. The first-order valence-corrected chi connectivity index (χ1v) is 4.41. The monoisotopic (exact) mass is 214 g/mol. The lowest BCUT2D eigenvalue weighted by atomic mass is 9.96. The van der Waals surface area contributed by atoms with Crippen LogP contribution in [0.2, 0.25) is 0 Å². The minimum atomic E-state index is -2.09. The maximum Gasteiger partial charge on any atom is 0.356 e. The molecule has 0 aromatic carbocycles. The lowest BCUT2D eigenvalue weighted by Gasteiger charge is -2.25. The molecule has 0 saturated heterocycles. The summed E-state index contributed by atoms with van der Waals surface area (Å²) >= 11 is 0. The zero-order valence-electron chi connectivity index (χ0n) is 8.99. The number of carbonyl (C=O) groups is 3. The summed E-state index contributed by atoms with van der Waals surface area (Å²) in [5.74, 6) is -3.06. The molecule has 0 bridgehead atoms. The van der Waals surface area contributed by atoms with Gasteiger partial charge < -0.3 is 9.84 Å². The highest BCUT2D eigenvalue weighted by molar-refractivity contribution is 6.07. The molecular weight excluding hydrogens is 200 g/mol. The molecule has 0 fully saturated rings. The lowest BCUT2D eigenvalue weighted by molar-refractivity contribution is -0.180. The van der Waals surface area contributed by atoms with E-state index in [2.05, 4.69) is 11.3 Å². The van der Waals surface area contributed by atoms with Crippen LogP contribution in [0, 0.1) is 0 Å². The Bertz CT molecular complexity index is 302. The number of ether oxygens (including phenoxy) is 1. The number of carboxylic acids is 1. The average Bonchev–Trinajstić information content (AvgIpc) is 2.12. The van der Waals surface area contributed by atoms with Crippen molar-refractivity contribution in [2.75, 3.05) is 0 Å². The van der Waals surface area contributed by atoms with E-state index < -0.39 is 23.3 Å². The fourth-order valence-electron chi connectivity index (χ4n) is 0.984. The molecular formula is C10H14O5. The summed E-state index contributed by atoms with van der Waals surface area (Å²) in [5.41, 5.74) is -2.04. The van der Waals surface area contributed by atoms with Gasteiger partial charge in [0.25, 0.3) is 5.60 Å². The molecule has 0 aliphatic carbocycles. The molecule has 0 heterocycles. The summed E-state index contributed by atoms with van der Waals surface area (Å²) in [6.07, 6.45) is -0.114. The predicted octanol–water partition coefficient (Wildman–Crippen LogP) is 0.928. The Morgan fingerprint density at radius 3 is 2.00 bits per heavy atom. The Morgan fingerprint density at radius 2 is 1.80 bits per heavy atom. The standard InChI is InChI=1S/C10H14O5/c1-5-10(7(4)11,9(13)14)15-8(12)6(2)3/h2,5H2,1,3-4H3,(H,13,14). The molecule has 0 saturated carbocycles. The first-order chi connectivity index (χ1) is 6.77. The maximum atomic E-state index is 11.2. The molecule has 0 spiro atoms. The van der Waals surface area contributed by atoms with Crippen molar-refractivity contribution in [1.29, 1.82) is 0 Å². The van der Waals surface area contributed by atoms with Crippen molar-refractivity contribution in [2.45, 2.75) is 32.8 Å². The Kier molecular flexibility index (Phi) is 4.21. The van der Waals surface area contributed by atoms with Crippen LogP contribution in [0.5, 0.6) is 0 Å². The summed E-state index contributed by atoms with van der Waals surface area (Å²) in [6, 6.07) is 0. The summed E-state index contributed by atoms with van der Waals surface area (Å²) in [5, 5.41) is 8.90. The highest BCUT2D eigenvalue weighted by atomic mass is 16.6. The number of hydrogen-bond donors (Lipinski definition) is 1. The van der Waals surface area contributed by atoms with Gasteiger partial charge in [-0.2, -0.15) is 0 Å². The third kappa shape index (κ3) is 2.65. The minimum Gasteiger partial charge on any atom is -0.478 e. The number of esters is 1. The second kappa shape index (κ2) is 4.72. The van der Waals surface area contributed by atoms with Gasteiger partial charge in [-0.1, -0.05) is 13.5 Å². The molecule has 0 aromatic rings. The van der Waals surface area contributed by atoms with Gasteiger partial charge >= 0.3 is 11.9 Å². The fourth-order valence-corrected chi connectivity index (χ4v) is 0.984. The molecule has 0 aliphatic heterocycles. The van der Waals surface area contributed by atoms with E-state index in [1.807, 2.05) is 0 Å². The molecule has 5 heteroatoms. The molecule has 84 valence electrons. The van der Waals surface area contributed by atoms with Gasteiger partial charge in [-0.3, -0.25) is 4.79 Å².